The molecule has 0 aliphatic rings. The first-order valence-corrected chi connectivity index (χ1v) is 9.24. The summed E-state index contributed by atoms with van der Waals surface area (Å²) in [6.45, 7) is 0.534. The van der Waals surface area contributed by atoms with Crippen LogP contribution in [0.5, 0.6) is 5.75 Å². The summed E-state index contributed by atoms with van der Waals surface area (Å²) in [6.07, 6.45) is 0. The summed E-state index contributed by atoms with van der Waals surface area (Å²) in [5, 5.41) is 12.3. The zero-order valence-corrected chi connectivity index (χ0v) is 15.8. The number of Topliss-reactive ketones (excluding diaryl/α,β-unsaturated/α-hetero) is 1. The molecule has 0 radical (unpaired) electrons. The lowest BCUT2D eigenvalue weighted by atomic mass is 10.2. The van der Waals surface area contributed by atoms with Crippen molar-refractivity contribution in [3.05, 3.63) is 64.1 Å². The van der Waals surface area contributed by atoms with E-state index in [4.69, 9.17) is 4.74 Å². The average Bonchev–Trinajstić information content (AvgIpc) is 3.08. The van der Waals surface area contributed by atoms with Crippen molar-refractivity contribution in [3.8, 4) is 5.75 Å². The molecule has 0 saturated carbocycles. The predicted octanol–water partition coefficient (Wildman–Crippen LogP) is 3.47. The zero-order chi connectivity index (χ0) is 17.6. The molecule has 0 fully saturated rings. The van der Waals surface area contributed by atoms with E-state index in [-0.39, 0.29) is 11.5 Å². The Hall–Kier alpha value is -2.19. The molecule has 0 N–H and O–H groups in total. The molecule has 8 heteroatoms. The van der Waals surface area contributed by atoms with Crippen LogP contribution in [0.3, 0.4) is 0 Å². The lowest BCUT2D eigenvalue weighted by Crippen LogP contribution is -2.07. The molecule has 0 amide bonds. The molecule has 0 aliphatic carbocycles. The molecule has 0 atom stereocenters. The number of carbonyl (C=O) groups excluding carboxylic acids is 1. The summed E-state index contributed by atoms with van der Waals surface area (Å²) >= 11 is 4.69. The Labute approximate surface area is 157 Å². The molecule has 3 rings (SSSR count). The van der Waals surface area contributed by atoms with Crippen LogP contribution in [0.15, 0.2) is 58.2 Å². The topological polar surface area (TPSA) is 69.9 Å². The highest BCUT2D eigenvalue weighted by atomic mass is 79.9. The molecule has 1 heterocycles. The van der Waals surface area contributed by atoms with Crippen LogP contribution in [0, 0.1) is 0 Å². The highest BCUT2D eigenvalue weighted by molar-refractivity contribution is 9.10. The Morgan fingerprint density at radius 3 is 2.56 bits per heavy atom. The van der Waals surface area contributed by atoms with E-state index in [9.17, 15) is 4.79 Å². The number of hydrogen-bond acceptors (Lipinski definition) is 6. The molecular weight excluding hydrogens is 404 g/mol. The Morgan fingerprint density at radius 1 is 1.16 bits per heavy atom. The van der Waals surface area contributed by atoms with Crippen LogP contribution in [-0.2, 0) is 6.54 Å². The van der Waals surface area contributed by atoms with Crippen LogP contribution in [0.2, 0.25) is 0 Å². The molecule has 1 aromatic heterocycles. The number of rotatable bonds is 7. The Kier molecular flexibility index (Phi) is 5.83. The molecule has 25 heavy (non-hydrogen) atoms. The summed E-state index contributed by atoms with van der Waals surface area (Å²) in [5.74, 6) is 1.12. The number of ketones is 1. The van der Waals surface area contributed by atoms with Gasteiger partial charge in [0.05, 0.1) is 19.4 Å². The van der Waals surface area contributed by atoms with Crippen LogP contribution >= 0.6 is 27.7 Å². The second-order valence-electron chi connectivity index (χ2n) is 5.19. The monoisotopic (exact) mass is 418 g/mol. The smallest absolute Gasteiger partial charge is 0.210 e. The van der Waals surface area contributed by atoms with Crippen molar-refractivity contribution in [2.75, 3.05) is 12.9 Å². The van der Waals surface area contributed by atoms with E-state index < -0.39 is 0 Å². The Morgan fingerprint density at radius 2 is 1.88 bits per heavy atom. The van der Waals surface area contributed by atoms with Gasteiger partial charge >= 0.3 is 0 Å². The van der Waals surface area contributed by atoms with Gasteiger partial charge in [-0.15, -0.1) is 5.10 Å². The third-order valence-electron chi connectivity index (χ3n) is 3.49. The molecule has 0 spiro atoms. The van der Waals surface area contributed by atoms with E-state index in [0.717, 1.165) is 15.8 Å². The van der Waals surface area contributed by atoms with Gasteiger partial charge in [0.2, 0.25) is 5.16 Å². The second kappa shape index (κ2) is 8.26. The summed E-state index contributed by atoms with van der Waals surface area (Å²) in [6, 6.07) is 15.0. The number of tetrazole rings is 1. The minimum atomic E-state index is 0.0384. The predicted molar refractivity (Wildman–Crippen MR) is 99.1 cm³/mol. The highest BCUT2D eigenvalue weighted by Crippen LogP contribution is 2.19. The number of hydrogen-bond donors (Lipinski definition) is 0. The highest BCUT2D eigenvalue weighted by Gasteiger charge is 2.12. The van der Waals surface area contributed by atoms with Crippen LogP contribution in [0.4, 0.5) is 0 Å². The van der Waals surface area contributed by atoms with Crippen molar-refractivity contribution >= 4 is 33.5 Å². The maximum absolute atomic E-state index is 12.3. The van der Waals surface area contributed by atoms with E-state index in [2.05, 4.69) is 31.5 Å². The fourth-order valence-corrected chi connectivity index (χ4v) is 3.19. The largest absolute Gasteiger partial charge is 0.497 e. The summed E-state index contributed by atoms with van der Waals surface area (Å²) in [7, 11) is 1.63. The van der Waals surface area contributed by atoms with Crippen LogP contribution in [0.25, 0.3) is 0 Å². The summed E-state index contributed by atoms with van der Waals surface area (Å²) < 4.78 is 7.78. The van der Waals surface area contributed by atoms with Crippen LogP contribution < -0.4 is 4.74 Å². The van der Waals surface area contributed by atoms with Gasteiger partial charge in [0.25, 0.3) is 0 Å². The number of carbonyl (C=O) groups is 1. The molecule has 0 aliphatic heterocycles. The van der Waals surface area contributed by atoms with Gasteiger partial charge < -0.3 is 4.74 Å². The minimum Gasteiger partial charge on any atom is -0.497 e. The molecule has 0 bridgehead atoms. The van der Waals surface area contributed by atoms with Crippen molar-refractivity contribution in [1.29, 1.82) is 0 Å². The number of halogens is 1. The van der Waals surface area contributed by atoms with E-state index >= 15 is 0 Å². The minimum absolute atomic E-state index is 0.0384. The standard InChI is InChI=1S/C17H15BrN4O2S/c1-24-15-8-2-12(3-9-15)10-22-17(19-20-21-22)25-11-16(23)13-4-6-14(18)7-5-13/h2-9H,10-11H2,1H3. The molecule has 2 aromatic carbocycles. The van der Waals surface area contributed by atoms with E-state index in [1.807, 2.05) is 36.4 Å². The molecule has 6 nitrogen and oxygen atoms in total. The quantitative estimate of drug-likeness (QED) is 0.432. The van der Waals surface area contributed by atoms with E-state index in [1.54, 1.807) is 23.9 Å². The fraction of sp³-hybridized carbons (Fsp3) is 0.176. The van der Waals surface area contributed by atoms with Gasteiger partial charge in [-0.25, -0.2) is 4.68 Å². The van der Waals surface area contributed by atoms with Crippen molar-refractivity contribution in [2.24, 2.45) is 0 Å². The third-order valence-corrected chi connectivity index (χ3v) is 4.97. The van der Waals surface area contributed by atoms with E-state index in [1.165, 1.54) is 11.8 Å². The van der Waals surface area contributed by atoms with Gasteiger partial charge in [0.15, 0.2) is 5.78 Å². The van der Waals surface area contributed by atoms with Crippen molar-refractivity contribution < 1.29 is 9.53 Å². The summed E-state index contributed by atoms with van der Waals surface area (Å²) in [5.41, 5.74) is 1.72. The van der Waals surface area contributed by atoms with Crippen LogP contribution in [0.1, 0.15) is 15.9 Å². The van der Waals surface area contributed by atoms with E-state index in [0.29, 0.717) is 17.3 Å². The molecule has 0 saturated heterocycles. The van der Waals surface area contributed by atoms with Crippen LogP contribution in [-0.4, -0.2) is 38.9 Å². The molecule has 128 valence electrons. The number of ether oxygens (including phenoxy) is 1. The fourth-order valence-electron chi connectivity index (χ4n) is 2.15. The Balaban J connectivity index is 1.63. The van der Waals surface area contributed by atoms with Crippen molar-refractivity contribution in [1.82, 2.24) is 20.2 Å². The van der Waals surface area contributed by atoms with Crippen molar-refractivity contribution in [2.45, 2.75) is 11.7 Å². The van der Waals surface area contributed by atoms with Gasteiger partial charge in [0, 0.05) is 10.0 Å². The second-order valence-corrected chi connectivity index (χ2v) is 7.04. The molecule has 3 aromatic rings. The lowest BCUT2D eigenvalue weighted by molar-refractivity contribution is 0.102. The maximum atomic E-state index is 12.3. The number of nitrogens with zero attached hydrogens (tertiary/aromatic N) is 4. The first kappa shape index (κ1) is 17.6. The Bertz CT molecular complexity index is 850. The number of benzene rings is 2. The van der Waals surface area contributed by atoms with Gasteiger partial charge in [-0.1, -0.05) is 52.0 Å². The first-order valence-electron chi connectivity index (χ1n) is 7.46. The first-order chi connectivity index (χ1) is 12.2. The van der Waals surface area contributed by atoms with Gasteiger partial charge in [0.1, 0.15) is 5.75 Å². The zero-order valence-electron chi connectivity index (χ0n) is 13.4. The molecule has 0 unspecified atom stereocenters. The average molecular weight is 419 g/mol. The SMILES string of the molecule is COc1ccc(Cn2nnnc2SCC(=O)c2ccc(Br)cc2)cc1. The normalized spacial score (nSPS) is 10.6. The number of methoxy groups -OCH3 is 1. The summed E-state index contributed by atoms with van der Waals surface area (Å²) in [4.78, 5) is 12.3. The van der Waals surface area contributed by atoms with Gasteiger partial charge in [-0.2, -0.15) is 0 Å². The molecular formula is C17H15BrN4O2S. The van der Waals surface area contributed by atoms with Gasteiger partial charge in [-0.3, -0.25) is 4.79 Å². The lowest BCUT2D eigenvalue weighted by Gasteiger charge is -2.06. The number of aromatic nitrogens is 4. The number of thioether (sulfide) groups is 1. The van der Waals surface area contributed by atoms with Gasteiger partial charge in [-0.05, 0) is 40.3 Å². The maximum Gasteiger partial charge on any atom is 0.210 e. The van der Waals surface area contributed by atoms with Crippen molar-refractivity contribution in [3.63, 3.8) is 0 Å². The third kappa shape index (κ3) is 4.67.